The van der Waals surface area contributed by atoms with Crippen molar-refractivity contribution in [2.45, 2.75) is 32.2 Å². The first-order chi connectivity index (χ1) is 9.94. The minimum Gasteiger partial charge on any atom is -0.480 e. The van der Waals surface area contributed by atoms with Crippen LogP contribution in [0.4, 0.5) is 0 Å². The lowest BCUT2D eigenvalue weighted by molar-refractivity contribution is -0.146. The zero-order valence-corrected chi connectivity index (χ0v) is 12.6. The number of furan rings is 1. The number of nitrogens with zero attached hydrogens (tertiary/aromatic N) is 1. The van der Waals surface area contributed by atoms with Gasteiger partial charge in [-0.25, -0.2) is 9.78 Å². The van der Waals surface area contributed by atoms with Crippen LogP contribution in [0, 0.1) is 0 Å². The summed E-state index contributed by atoms with van der Waals surface area (Å²) in [6.07, 6.45) is 1.91. The van der Waals surface area contributed by atoms with Crippen LogP contribution in [-0.2, 0) is 16.0 Å². The van der Waals surface area contributed by atoms with Crippen molar-refractivity contribution >= 4 is 23.2 Å². The molecular formula is C14H16N2O4S. The lowest BCUT2D eigenvalue weighted by atomic mass is 9.99. The minimum absolute atomic E-state index is 0.0417. The maximum Gasteiger partial charge on any atom is 0.329 e. The third kappa shape index (κ3) is 3.49. The molecule has 2 N–H and O–H groups in total. The SMILES string of the molecule is CCC(C)(NC(=O)Cc1csc(-c2ccco2)n1)C(=O)O. The van der Waals surface area contributed by atoms with Gasteiger partial charge in [-0.1, -0.05) is 6.92 Å². The van der Waals surface area contributed by atoms with Crippen LogP contribution in [0.3, 0.4) is 0 Å². The van der Waals surface area contributed by atoms with E-state index in [2.05, 4.69) is 10.3 Å². The Morgan fingerprint density at radius 1 is 1.52 bits per heavy atom. The molecule has 0 aromatic carbocycles. The summed E-state index contributed by atoms with van der Waals surface area (Å²) in [7, 11) is 0. The number of aliphatic carboxylic acids is 1. The van der Waals surface area contributed by atoms with Gasteiger partial charge in [-0.3, -0.25) is 4.79 Å². The standard InChI is InChI=1S/C14H16N2O4S/c1-3-14(2,13(18)19)16-11(17)7-9-8-21-12(15-9)10-5-4-6-20-10/h4-6,8H,3,7H2,1-2H3,(H,16,17)(H,18,19). The summed E-state index contributed by atoms with van der Waals surface area (Å²) in [4.78, 5) is 27.4. The van der Waals surface area contributed by atoms with Gasteiger partial charge in [0.2, 0.25) is 5.91 Å². The molecule has 0 aliphatic carbocycles. The van der Waals surface area contributed by atoms with E-state index < -0.39 is 11.5 Å². The Labute approximate surface area is 125 Å². The number of nitrogens with one attached hydrogen (secondary N) is 1. The highest BCUT2D eigenvalue weighted by Crippen LogP contribution is 2.24. The zero-order chi connectivity index (χ0) is 15.5. The molecule has 0 aliphatic rings. The summed E-state index contributed by atoms with van der Waals surface area (Å²) in [5, 5.41) is 14.1. The molecule has 7 heteroatoms. The second-order valence-electron chi connectivity index (χ2n) is 4.84. The van der Waals surface area contributed by atoms with Crippen molar-refractivity contribution in [3.8, 4) is 10.8 Å². The Bertz CT molecular complexity index is 635. The number of carbonyl (C=O) groups is 2. The number of aromatic nitrogens is 1. The van der Waals surface area contributed by atoms with Crippen LogP contribution in [0.1, 0.15) is 26.0 Å². The van der Waals surface area contributed by atoms with E-state index >= 15 is 0 Å². The molecule has 112 valence electrons. The van der Waals surface area contributed by atoms with Crippen molar-refractivity contribution in [3.63, 3.8) is 0 Å². The summed E-state index contributed by atoms with van der Waals surface area (Å²) in [6, 6.07) is 3.56. The van der Waals surface area contributed by atoms with Gasteiger partial charge in [-0.15, -0.1) is 11.3 Å². The number of rotatable bonds is 6. The van der Waals surface area contributed by atoms with Crippen LogP contribution < -0.4 is 5.32 Å². The fraction of sp³-hybridized carbons (Fsp3) is 0.357. The van der Waals surface area contributed by atoms with Crippen LogP contribution in [0.5, 0.6) is 0 Å². The first kappa shape index (κ1) is 15.2. The number of carboxylic acids is 1. The first-order valence-electron chi connectivity index (χ1n) is 6.47. The molecule has 1 amide bonds. The molecule has 0 bridgehead atoms. The largest absolute Gasteiger partial charge is 0.480 e. The van der Waals surface area contributed by atoms with Crippen LogP contribution in [0.15, 0.2) is 28.2 Å². The molecule has 1 atom stereocenters. The molecule has 2 aromatic heterocycles. The third-order valence-electron chi connectivity index (χ3n) is 3.22. The van der Waals surface area contributed by atoms with E-state index in [1.807, 2.05) is 0 Å². The van der Waals surface area contributed by atoms with Crippen LogP contribution >= 0.6 is 11.3 Å². The molecule has 1 unspecified atom stereocenters. The molecule has 0 spiro atoms. The molecular weight excluding hydrogens is 292 g/mol. The van der Waals surface area contributed by atoms with Crippen LogP contribution in [-0.4, -0.2) is 27.5 Å². The van der Waals surface area contributed by atoms with Crippen molar-refractivity contribution in [1.82, 2.24) is 10.3 Å². The fourth-order valence-corrected chi connectivity index (χ4v) is 2.50. The van der Waals surface area contributed by atoms with E-state index in [9.17, 15) is 9.59 Å². The monoisotopic (exact) mass is 308 g/mol. The van der Waals surface area contributed by atoms with Gasteiger partial charge in [-0.05, 0) is 25.5 Å². The number of carboxylic acid groups (broad SMARTS) is 1. The summed E-state index contributed by atoms with van der Waals surface area (Å²) in [5.41, 5.74) is -0.663. The molecule has 6 nitrogen and oxygen atoms in total. The fourth-order valence-electron chi connectivity index (χ4n) is 1.71. The van der Waals surface area contributed by atoms with Crippen LogP contribution in [0.25, 0.3) is 10.8 Å². The third-order valence-corrected chi connectivity index (χ3v) is 4.13. The summed E-state index contributed by atoms with van der Waals surface area (Å²) in [5.74, 6) is -0.762. The number of hydrogen-bond donors (Lipinski definition) is 2. The molecule has 2 heterocycles. The van der Waals surface area contributed by atoms with Crippen molar-refractivity contribution in [1.29, 1.82) is 0 Å². The Morgan fingerprint density at radius 2 is 2.29 bits per heavy atom. The second-order valence-corrected chi connectivity index (χ2v) is 5.70. The van der Waals surface area contributed by atoms with Gasteiger partial charge in [0.05, 0.1) is 18.4 Å². The summed E-state index contributed by atoms with van der Waals surface area (Å²) in [6.45, 7) is 3.20. The second kappa shape index (κ2) is 6.09. The number of carbonyl (C=O) groups excluding carboxylic acids is 1. The molecule has 0 radical (unpaired) electrons. The van der Waals surface area contributed by atoms with Gasteiger partial charge in [0.15, 0.2) is 10.8 Å². The average Bonchev–Trinajstić information content (AvgIpc) is 3.08. The van der Waals surface area contributed by atoms with Gasteiger partial charge in [0.1, 0.15) is 5.54 Å². The Balaban J connectivity index is 2.02. The van der Waals surface area contributed by atoms with Crippen LogP contribution in [0.2, 0.25) is 0 Å². The highest BCUT2D eigenvalue weighted by molar-refractivity contribution is 7.13. The van der Waals surface area contributed by atoms with Crippen molar-refractivity contribution < 1.29 is 19.1 Å². The minimum atomic E-state index is -1.25. The normalized spacial score (nSPS) is 13.6. The lowest BCUT2D eigenvalue weighted by Crippen LogP contribution is -2.52. The molecule has 2 rings (SSSR count). The van der Waals surface area contributed by atoms with Crippen molar-refractivity contribution in [3.05, 3.63) is 29.5 Å². The molecule has 0 saturated carbocycles. The maximum atomic E-state index is 12.0. The highest BCUT2D eigenvalue weighted by atomic mass is 32.1. The van der Waals surface area contributed by atoms with Gasteiger partial charge in [0, 0.05) is 5.38 Å². The van der Waals surface area contributed by atoms with Gasteiger partial charge >= 0.3 is 5.97 Å². The summed E-state index contributed by atoms with van der Waals surface area (Å²) < 4.78 is 5.24. The predicted octanol–water partition coefficient (Wildman–Crippen LogP) is 2.32. The molecule has 2 aromatic rings. The summed E-state index contributed by atoms with van der Waals surface area (Å²) >= 11 is 1.38. The van der Waals surface area contributed by atoms with E-state index in [1.165, 1.54) is 18.3 Å². The molecule has 0 saturated heterocycles. The van der Waals surface area contributed by atoms with E-state index in [0.717, 1.165) is 0 Å². The molecule has 21 heavy (non-hydrogen) atoms. The Hall–Kier alpha value is -2.15. The van der Waals surface area contributed by atoms with Crippen molar-refractivity contribution in [2.24, 2.45) is 0 Å². The molecule has 0 aliphatic heterocycles. The Morgan fingerprint density at radius 3 is 2.86 bits per heavy atom. The van der Waals surface area contributed by atoms with Gasteiger partial charge < -0.3 is 14.8 Å². The lowest BCUT2D eigenvalue weighted by Gasteiger charge is -2.24. The predicted molar refractivity (Wildman–Crippen MR) is 78.0 cm³/mol. The van der Waals surface area contributed by atoms with Gasteiger partial charge in [-0.2, -0.15) is 0 Å². The first-order valence-corrected chi connectivity index (χ1v) is 7.35. The topological polar surface area (TPSA) is 92.4 Å². The smallest absolute Gasteiger partial charge is 0.329 e. The quantitative estimate of drug-likeness (QED) is 0.854. The molecule has 0 fully saturated rings. The Kier molecular flexibility index (Phi) is 4.42. The average molecular weight is 308 g/mol. The highest BCUT2D eigenvalue weighted by Gasteiger charge is 2.32. The maximum absolute atomic E-state index is 12.0. The number of hydrogen-bond acceptors (Lipinski definition) is 5. The number of amides is 1. The van der Waals surface area contributed by atoms with E-state index in [0.29, 0.717) is 22.9 Å². The number of thiazole rings is 1. The van der Waals surface area contributed by atoms with Crippen molar-refractivity contribution in [2.75, 3.05) is 0 Å². The zero-order valence-electron chi connectivity index (χ0n) is 11.8. The van der Waals surface area contributed by atoms with Gasteiger partial charge in [0.25, 0.3) is 0 Å². The van der Waals surface area contributed by atoms with E-state index in [1.54, 1.807) is 30.7 Å². The van der Waals surface area contributed by atoms with E-state index in [4.69, 9.17) is 9.52 Å². The van der Waals surface area contributed by atoms with E-state index in [-0.39, 0.29) is 12.3 Å².